The molecular weight excluding hydrogens is 180 g/mol. The number of nitrogens with zero attached hydrogens (tertiary/aromatic N) is 1. The standard InChI is InChI=1S/C7H7ClN2O2/c8-6-4-9-2-1-5(6)3-10-7(11)12/h1-2,4,10H,3H2,(H,11,12). The molecule has 0 aromatic carbocycles. The fourth-order valence-corrected chi connectivity index (χ4v) is 0.904. The van der Waals surface area contributed by atoms with E-state index < -0.39 is 6.09 Å². The van der Waals surface area contributed by atoms with E-state index in [0.29, 0.717) is 10.6 Å². The van der Waals surface area contributed by atoms with E-state index in [2.05, 4.69) is 10.3 Å². The van der Waals surface area contributed by atoms with E-state index in [9.17, 15) is 4.79 Å². The van der Waals surface area contributed by atoms with Gasteiger partial charge in [-0.1, -0.05) is 11.6 Å². The van der Waals surface area contributed by atoms with Crippen molar-refractivity contribution in [2.75, 3.05) is 0 Å². The summed E-state index contributed by atoms with van der Waals surface area (Å²) in [6.45, 7) is 0.205. The number of hydrogen-bond acceptors (Lipinski definition) is 2. The van der Waals surface area contributed by atoms with Crippen LogP contribution in [0.5, 0.6) is 0 Å². The van der Waals surface area contributed by atoms with E-state index in [1.54, 1.807) is 12.3 Å². The Hall–Kier alpha value is -1.29. The number of carboxylic acid groups (broad SMARTS) is 1. The van der Waals surface area contributed by atoms with Crippen molar-refractivity contribution in [3.05, 3.63) is 29.0 Å². The molecule has 64 valence electrons. The van der Waals surface area contributed by atoms with Crippen molar-refractivity contribution in [1.82, 2.24) is 10.3 Å². The second kappa shape index (κ2) is 3.92. The lowest BCUT2D eigenvalue weighted by molar-refractivity contribution is 0.194. The van der Waals surface area contributed by atoms with Crippen LogP contribution in [-0.2, 0) is 6.54 Å². The van der Waals surface area contributed by atoms with Gasteiger partial charge in [0.2, 0.25) is 0 Å². The van der Waals surface area contributed by atoms with Crippen molar-refractivity contribution in [3.63, 3.8) is 0 Å². The summed E-state index contributed by atoms with van der Waals surface area (Å²) >= 11 is 5.71. The maximum absolute atomic E-state index is 10.1. The summed E-state index contributed by atoms with van der Waals surface area (Å²) in [7, 11) is 0. The summed E-state index contributed by atoms with van der Waals surface area (Å²) in [5, 5.41) is 11.0. The summed E-state index contributed by atoms with van der Waals surface area (Å²) in [5.41, 5.74) is 0.717. The summed E-state index contributed by atoms with van der Waals surface area (Å²) in [6.07, 6.45) is 1.97. The Morgan fingerprint density at radius 1 is 1.75 bits per heavy atom. The van der Waals surface area contributed by atoms with Gasteiger partial charge in [0.25, 0.3) is 0 Å². The number of amides is 1. The molecule has 1 aromatic heterocycles. The average Bonchev–Trinajstić information content (AvgIpc) is 2.03. The first kappa shape index (κ1) is 8.80. The highest BCUT2D eigenvalue weighted by Crippen LogP contribution is 2.12. The predicted octanol–water partition coefficient (Wildman–Crippen LogP) is 1.50. The van der Waals surface area contributed by atoms with Crippen LogP contribution in [0.15, 0.2) is 18.5 Å². The van der Waals surface area contributed by atoms with Crippen LogP contribution in [0.1, 0.15) is 5.56 Å². The van der Waals surface area contributed by atoms with Gasteiger partial charge in [0.1, 0.15) is 0 Å². The molecule has 0 radical (unpaired) electrons. The van der Waals surface area contributed by atoms with Crippen molar-refractivity contribution in [2.24, 2.45) is 0 Å². The molecule has 0 bridgehead atoms. The molecule has 0 saturated carbocycles. The minimum atomic E-state index is -1.07. The maximum atomic E-state index is 10.1. The van der Waals surface area contributed by atoms with Crippen LogP contribution in [0.2, 0.25) is 5.02 Å². The molecular formula is C7H7ClN2O2. The number of nitrogens with one attached hydrogen (secondary N) is 1. The van der Waals surface area contributed by atoms with Crippen molar-refractivity contribution < 1.29 is 9.90 Å². The molecule has 0 aliphatic rings. The Morgan fingerprint density at radius 3 is 3.08 bits per heavy atom. The number of pyridine rings is 1. The highest BCUT2D eigenvalue weighted by Gasteiger charge is 2.00. The molecule has 0 spiro atoms. The molecule has 1 aromatic rings. The third-order valence-electron chi connectivity index (χ3n) is 1.29. The normalized spacial score (nSPS) is 9.42. The number of hydrogen-bond donors (Lipinski definition) is 2. The van der Waals surface area contributed by atoms with Crippen LogP contribution in [0.3, 0.4) is 0 Å². The van der Waals surface area contributed by atoms with E-state index in [-0.39, 0.29) is 6.54 Å². The molecule has 2 N–H and O–H groups in total. The SMILES string of the molecule is O=C(O)NCc1ccncc1Cl. The minimum absolute atomic E-state index is 0.205. The van der Waals surface area contributed by atoms with E-state index in [0.717, 1.165) is 0 Å². The monoisotopic (exact) mass is 186 g/mol. The van der Waals surface area contributed by atoms with Gasteiger partial charge in [-0.3, -0.25) is 4.98 Å². The van der Waals surface area contributed by atoms with Gasteiger partial charge in [0.05, 0.1) is 5.02 Å². The minimum Gasteiger partial charge on any atom is -0.465 e. The van der Waals surface area contributed by atoms with Gasteiger partial charge >= 0.3 is 6.09 Å². The average molecular weight is 187 g/mol. The molecule has 0 aliphatic heterocycles. The summed E-state index contributed by atoms with van der Waals surface area (Å²) in [4.78, 5) is 13.9. The molecule has 0 fully saturated rings. The summed E-state index contributed by atoms with van der Waals surface area (Å²) < 4.78 is 0. The van der Waals surface area contributed by atoms with Gasteiger partial charge in [0.15, 0.2) is 0 Å². The third-order valence-corrected chi connectivity index (χ3v) is 1.63. The molecule has 1 amide bonds. The van der Waals surface area contributed by atoms with Gasteiger partial charge < -0.3 is 10.4 Å². The molecule has 0 saturated heterocycles. The number of carbonyl (C=O) groups is 1. The van der Waals surface area contributed by atoms with Crippen molar-refractivity contribution in [3.8, 4) is 0 Å². The number of aromatic nitrogens is 1. The van der Waals surface area contributed by atoms with Crippen LogP contribution in [0.4, 0.5) is 4.79 Å². The number of halogens is 1. The molecule has 12 heavy (non-hydrogen) atoms. The molecule has 5 heteroatoms. The third kappa shape index (κ3) is 2.39. The first-order chi connectivity index (χ1) is 5.70. The zero-order chi connectivity index (χ0) is 8.97. The Labute approximate surface area is 74.2 Å². The van der Waals surface area contributed by atoms with Gasteiger partial charge in [0, 0.05) is 18.9 Å². The van der Waals surface area contributed by atoms with Crippen molar-refractivity contribution >= 4 is 17.7 Å². The van der Waals surface area contributed by atoms with Gasteiger partial charge in [-0.15, -0.1) is 0 Å². The van der Waals surface area contributed by atoms with E-state index >= 15 is 0 Å². The quantitative estimate of drug-likeness (QED) is 0.736. The Kier molecular flexibility index (Phi) is 2.88. The van der Waals surface area contributed by atoms with E-state index in [1.807, 2.05) is 0 Å². The fraction of sp³-hybridized carbons (Fsp3) is 0.143. The lowest BCUT2D eigenvalue weighted by Gasteiger charge is -2.01. The smallest absolute Gasteiger partial charge is 0.404 e. The van der Waals surface area contributed by atoms with Gasteiger partial charge in [-0.2, -0.15) is 0 Å². The Balaban J connectivity index is 2.63. The first-order valence-corrected chi connectivity index (χ1v) is 3.63. The highest BCUT2D eigenvalue weighted by molar-refractivity contribution is 6.31. The summed E-state index contributed by atoms with van der Waals surface area (Å²) in [5.74, 6) is 0. The molecule has 0 aliphatic carbocycles. The Bertz CT molecular complexity index is 290. The molecule has 4 nitrogen and oxygen atoms in total. The summed E-state index contributed by atoms with van der Waals surface area (Å²) in [6, 6.07) is 1.66. The van der Waals surface area contributed by atoms with Crippen molar-refractivity contribution in [2.45, 2.75) is 6.54 Å². The van der Waals surface area contributed by atoms with Gasteiger partial charge in [-0.05, 0) is 11.6 Å². The highest BCUT2D eigenvalue weighted by atomic mass is 35.5. The van der Waals surface area contributed by atoms with E-state index in [4.69, 9.17) is 16.7 Å². The van der Waals surface area contributed by atoms with Crippen LogP contribution >= 0.6 is 11.6 Å². The van der Waals surface area contributed by atoms with Crippen LogP contribution in [0, 0.1) is 0 Å². The van der Waals surface area contributed by atoms with Crippen LogP contribution in [-0.4, -0.2) is 16.2 Å². The topological polar surface area (TPSA) is 62.2 Å². The number of rotatable bonds is 2. The second-order valence-corrected chi connectivity index (χ2v) is 2.53. The first-order valence-electron chi connectivity index (χ1n) is 3.25. The predicted molar refractivity (Wildman–Crippen MR) is 44.1 cm³/mol. The lowest BCUT2D eigenvalue weighted by atomic mass is 10.3. The molecule has 0 atom stereocenters. The van der Waals surface area contributed by atoms with Crippen molar-refractivity contribution in [1.29, 1.82) is 0 Å². The van der Waals surface area contributed by atoms with Gasteiger partial charge in [-0.25, -0.2) is 4.79 Å². The molecule has 1 rings (SSSR count). The zero-order valence-corrected chi connectivity index (χ0v) is 6.88. The fourth-order valence-electron chi connectivity index (χ4n) is 0.718. The lowest BCUT2D eigenvalue weighted by Crippen LogP contribution is -2.20. The Morgan fingerprint density at radius 2 is 2.50 bits per heavy atom. The molecule has 1 heterocycles. The van der Waals surface area contributed by atoms with Crippen LogP contribution < -0.4 is 5.32 Å². The second-order valence-electron chi connectivity index (χ2n) is 2.13. The van der Waals surface area contributed by atoms with Crippen LogP contribution in [0.25, 0.3) is 0 Å². The zero-order valence-electron chi connectivity index (χ0n) is 6.12. The largest absolute Gasteiger partial charge is 0.465 e. The maximum Gasteiger partial charge on any atom is 0.404 e. The molecule has 0 unspecified atom stereocenters. The van der Waals surface area contributed by atoms with E-state index in [1.165, 1.54) is 6.20 Å².